The van der Waals surface area contributed by atoms with Crippen LogP contribution in [0.5, 0.6) is 0 Å². The number of carboxylic acids is 1. The molecule has 0 spiro atoms. The standard InChI is InChI=1S/C14H14F3NO3.C2H6/c15-14(16,17)10-1-3-11(4-2-10)18-7-5-9(6-8-18)12(19)13(20)21;1-2/h1-4,9H,5-8H2,(H,20,21);1-2H3. The highest BCUT2D eigenvalue weighted by Crippen LogP contribution is 2.31. The van der Waals surface area contributed by atoms with Crippen molar-refractivity contribution in [3.63, 3.8) is 0 Å². The number of Topliss-reactive ketones (excluding diaryl/α,β-unsaturated/α-hetero) is 1. The second-order valence-corrected chi connectivity index (χ2v) is 4.98. The van der Waals surface area contributed by atoms with Crippen LogP contribution in [0.1, 0.15) is 32.3 Å². The van der Waals surface area contributed by atoms with Crippen molar-refractivity contribution >= 4 is 17.4 Å². The third-order valence-electron chi connectivity index (χ3n) is 3.64. The Morgan fingerprint density at radius 1 is 1.09 bits per heavy atom. The van der Waals surface area contributed by atoms with Crippen molar-refractivity contribution in [3.05, 3.63) is 29.8 Å². The number of rotatable bonds is 3. The number of aliphatic carboxylic acids is 1. The van der Waals surface area contributed by atoms with Crippen molar-refractivity contribution in [2.45, 2.75) is 32.9 Å². The minimum absolute atomic E-state index is 0.395. The van der Waals surface area contributed by atoms with Crippen LogP contribution in [-0.2, 0) is 15.8 Å². The molecule has 1 aromatic carbocycles. The first kappa shape index (κ1) is 19.0. The van der Waals surface area contributed by atoms with E-state index in [9.17, 15) is 22.8 Å². The fourth-order valence-corrected chi connectivity index (χ4v) is 2.44. The van der Waals surface area contributed by atoms with Crippen LogP contribution in [0.15, 0.2) is 24.3 Å². The van der Waals surface area contributed by atoms with Crippen LogP contribution in [0.3, 0.4) is 0 Å². The molecule has 1 aliphatic heterocycles. The van der Waals surface area contributed by atoms with Crippen LogP contribution in [-0.4, -0.2) is 29.9 Å². The van der Waals surface area contributed by atoms with Gasteiger partial charge in [0.1, 0.15) is 0 Å². The number of alkyl halides is 3. The molecule has 1 N–H and O–H groups in total. The normalized spacial score (nSPS) is 15.6. The number of anilines is 1. The Balaban J connectivity index is 0.00000127. The molecule has 1 aliphatic rings. The van der Waals surface area contributed by atoms with Gasteiger partial charge in [-0.25, -0.2) is 4.79 Å². The fraction of sp³-hybridized carbons (Fsp3) is 0.500. The molecule has 7 heteroatoms. The fourth-order valence-electron chi connectivity index (χ4n) is 2.44. The number of carbonyl (C=O) groups is 2. The van der Waals surface area contributed by atoms with Gasteiger partial charge in [-0.2, -0.15) is 13.2 Å². The molecular formula is C16H20F3NO3. The Morgan fingerprint density at radius 3 is 1.96 bits per heavy atom. The number of carboxylic acid groups (broad SMARTS) is 1. The maximum Gasteiger partial charge on any atom is 0.416 e. The molecule has 4 nitrogen and oxygen atoms in total. The summed E-state index contributed by atoms with van der Waals surface area (Å²) < 4.78 is 37.4. The maximum absolute atomic E-state index is 12.5. The van der Waals surface area contributed by atoms with Gasteiger partial charge in [0.25, 0.3) is 0 Å². The van der Waals surface area contributed by atoms with Gasteiger partial charge in [-0.3, -0.25) is 4.79 Å². The van der Waals surface area contributed by atoms with Crippen LogP contribution < -0.4 is 4.90 Å². The summed E-state index contributed by atoms with van der Waals surface area (Å²) in [6, 6.07) is 4.82. The van der Waals surface area contributed by atoms with Crippen molar-refractivity contribution in [2.75, 3.05) is 18.0 Å². The summed E-state index contributed by atoms with van der Waals surface area (Å²) in [6.45, 7) is 4.91. The summed E-state index contributed by atoms with van der Waals surface area (Å²) in [6.07, 6.45) is -3.57. The zero-order valence-electron chi connectivity index (χ0n) is 13.1. The molecular weight excluding hydrogens is 311 g/mol. The second kappa shape index (κ2) is 7.99. The summed E-state index contributed by atoms with van der Waals surface area (Å²) in [5.74, 6) is -2.72. The maximum atomic E-state index is 12.5. The molecule has 0 radical (unpaired) electrons. The van der Waals surface area contributed by atoms with Crippen LogP contribution in [0.4, 0.5) is 18.9 Å². The van der Waals surface area contributed by atoms with Gasteiger partial charge >= 0.3 is 12.1 Å². The van der Waals surface area contributed by atoms with E-state index in [1.807, 2.05) is 18.7 Å². The Bertz CT molecular complexity index is 532. The molecule has 0 atom stereocenters. The van der Waals surface area contributed by atoms with E-state index in [1.165, 1.54) is 12.1 Å². The lowest BCUT2D eigenvalue weighted by Gasteiger charge is -2.32. The van der Waals surface area contributed by atoms with Crippen LogP contribution in [0.25, 0.3) is 0 Å². The van der Waals surface area contributed by atoms with Crippen molar-refractivity contribution < 1.29 is 27.9 Å². The van der Waals surface area contributed by atoms with Gasteiger partial charge in [0.05, 0.1) is 5.56 Å². The first-order valence-corrected chi connectivity index (χ1v) is 7.48. The number of nitrogens with zero attached hydrogens (tertiary/aromatic N) is 1. The van der Waals surface area contributed by atoms with Crippen LogP contribution in [0.2, 0.25) is 0 Å². The largest absolute Gasteiger partial charge is 0.475 e. The summed E-state index contributed by atoms with van der Waals surface area (Å²) in [5.41, 5.74) is -0.0635. The van der Waals surface area contributed by atoms with Gasteiger partial charge in [0.2, 0.25) is 5.78 Å². The number of ketones is 1. The molecule has 1 fully saturated rings. The highest BCUT2D eigenvalue weighted by molar-refractivity contribution is 6.33. The number of benzene rings is 1. The molecule has 0 bridgehead atoms. The van der Waals surface area contributed by atoms with Crippen LogP contribution in [0, 0.1) is 5.92 Å². The molecule has 0 amide bonds. The van der Waals surface area contributed by atoms with Gasteiger partial charge in [-0.15, -0.1) is 0 Å². The molecule has 0 aromatic heterocycles. The Hall–Kier alpha value is -2.05. The number of piperidine rings is 1. The summed E-state index contributed by atoms with van der Waals surface area (Å²) in [4.78, 5) is 23.8. The SMILES string of the molecule is CC.O=C(O)C(=O)C1CCN(c2ccc(C(F)(F)F)cc2)CC1. The van der Waals surface area contributed by atoms with Gasteiger partial charge in [-0.05, 0) is 37.1 Å². The van der Waals surface area contributed by atoms with E-state index in [2.05, 4.69) is 0 Å². The van der Waals surface area contributed by atoms with Crippen molar-refractivity contribution in [3.8, 4) is 0 Å². The number of carbonyl (C=O) groups excluding carboxylic acids is 1. The Morgan fingerprint density at radius 2 is 1.57 bits per heavy atom. The zero-order valence-corrected chi connectivity index (χ0v) is 13.1. The quantitative estimate of drug-likeness (QED) is 0.860. The molecule has 1 saturated heterocycles. The van der Waals surface area contributed by atoms with E-state index in [0.29, 0.717) is 31.6 Å². The third-order valence-corrected chi connectivity index (χ3v) is 3.64. The summed E-state index contributed by atoms with van der Waals surface area (Å²) in [5, 5.41) is 8.65. The van der Waals surface area contributed by atoms with Gasteiger partial charge in [0, 0.05) is 24.7 Å². The monoisotopic (exact) mass is 331 g/mol. The Kier molecular flexibility index (Phi) is 6.60. The molecule has 0 saturated carbocycles. The van der Waals surface area contributed by atoms with Gasteiger partial charge < -0.3 is 10.0 Å². The second-order valence-electron chi connectivity index (χ2n) is 4.98. The van der Waals surface area contributed by atoms with Crippen LogP contribution >= 0.6 is 0 Å². The lowest BCUT2D eigenvalue weighted by Crippen LogP contribution is -2.38. The smallest absolute Gasteiger partial charge is 0.416 e. The summed E-state index contributed by atoms with van der Waals surface area (Å²) in [7, 11) is 0. The predicted octanol–water partition coefficient (Wildman–Crippen LogP) is 3.60. The highest BCUT2D eigenvalue weighted by atomic mass is 19.4. The number of hydrogen-bond donors (Lipinski definition) is 1. The van der Waals surface area contributed by atoms with E-state index in [1.54, 1.807) is 0 Å². The van der Waals surface area contributed by atoms with E-state index >= 15 is 0 Å². The lowest BCUT2D eigenvalue weighted by atomic mass is 9.92. The molecule has 23 heavy (non-hydrogen) atoms. The van der Waals surface area contributed by atoms with E-state index in [-0.39, 0.29) is 0 Å². The van der Waals surface area contributed by atoms with Crippen molar-refractivity contribution in [2.24, 2.45) is 5.92 Å². The third kappa shape index (κ3) is 4.97. The molecule has 2 rings (SSSR count). The molecule has 128 valence electrons. The molecule has 0 aliphatic carbocycles. The average Bonchev–Trinajstić information content (AvgIpc) is 2.55. The number of hydrogen-bond acceptors (Lipinski definition) is 3. The summed E-state index contributed by atoms with van der Waals surface area (Å²) >= 11 is 0. The van der Waals surface area contributed by atoms with Gasteiger partial charge in [0.15, 0.2) is 0 Å². The van der Waals surface area contributed by atoms with E-state index < -0.39 is 29.4 Å². The first-order valence-electron chi connectivity index (χ1n) is 7.48. The molecule has 1 aromatic rings. The van der Waals surface area contributed by atoms with E-state index in [0.717, 1.165) is 12.1 Å². The van der Waals surface area contributed by atoms with Crippen molar-refractivity contribution in [1.29, 1.82) is 0 Å². The highest BCUT2D eigenvalue weighted by Gasteiger charge is 2.31. The minimum Gasteiger partial charge on any atom is -0.475 e. The van der Waals surface area contributed by atoms with Gasteiger partial charge in [-0.1, -0.05) is 13.8 Å². The number of halogens is 3. The average molecular weight is 331 g/mol. The van der Waals surface area contributed by atoms with E-state index in [4.69, 9.17) is 5.11 Å². The lowest BCUT2D eigenvalue weighted by molar-refractivity contribution is -0.151. The molecule has 0 unspecified atom stereocenters. The topological polar surface area (TPSA) is 57.6 Å². The Labute approximate surface area is 132 Å². The van der Waals surface area contributed by atoms with Crippen molar-refractivity contribution in [1.82, 2.24) is 0 Å². The minimum atomic E-state index is -4.36. The predicted molar refractivity (Wildman–Crippen MR) is 80.4 cm³/mol. The molecule has 1 heterocycles. The first-order chi connectivity index (χ1) is 10.8. The zero-order chi connectivity index (χ0) is 17.6.